The summed E-state index contributed by atoms with van der Waals surface area (Å²) in [5.74, 6) is 0.171. The van der Waals surface area contributed by atoms with Crippen molar-refractivity contribution in [3.05, 3.63) is 49.2 Å². The van der Waals surface area contributed by atoms with Gasteiger partial charge in [0.15, 0.2) is 10.8 Å². The van der Waals surface area contributed by atoms with Crippen LogP contribution >= 0.6 is 34.3 Å². The Morgan fingerprint density at radius 2 is 2.06 bits per heavy atom. The number of methoxy groups -OCH3 is 1. The van der Waals surface area contributed by atoms with E-state index in [1.54, 1.807) is 12.3 Å². The fraction of sp³-hybridized carbons (Fsp3) is 0.429. The highest BCUT2D eigenvalue weighted by Crippen LogP contribution is 2.44. The van der Waals surface area contributed by atoms with Gasteiger partial charge in [0.2, 0.25) is 0 Å². The highest BCUT2D eigenvalue weighted by atomic mass is 35.5. The van der Waals surface area contributed by atoms with Crippen LogP contribution in [-0.2, 0) is 14.3 Å². The smallest absolute Gasteiger partial charge is 0.407 e. The molecule has 1 saturated heterocycles. The summed E-state index contributed by atoms with van der Waals surface area (Å²) in [4.78, 5) is 37.3. The van der Waals surface area contributed by atoms with Gasteiger partial charge < -0.3 is 19.7 Å². The molecule has 2 aliphatic rings. The molecule has 4 heterocycles. The van der Waals surface area contributed by atoms with Crippen LogP contribution in [-0.4, -0.2) is 53.1 Å². The zero-order valence-electron chi connectivity index (χ0n) is 18.0. The first-order chi connectivity index (χ1) is 15.2. The number of nitrogens with one attached hydrogen (secondary N) is 1. The zero-order chi connectivity index (χ0) is 23.0. The average Bonchev–Trinajstić information content (AvgIpc) is 3.45. The number of fused-ring (bicyclic) bond motifs is 1. The van der Waals surface area contributed by atoms with Crippen LogP contribution in [0.4, 0.5) is 4.79 Å². The first kappa shape index (κ1) is 22.8. The molecule has 2 aliphatic heterocycles. The summed E-state index contributed by atoms with van der Waals surface area (Å²) in [6.07, 6.45) is 1.63. The highest BCUT2D eigenvalue weighted by molar-refractivity contribution is 7.11. The molecule has 8 nitrogen and oxygen atoms in total. The van der Waals surface area contributed by atoms with Crippen molar-refractivity contribution < 1.29 is 19.1 Å². The van der Waals surface area contributed by atoms with Crippen molar-refractivity contribution in [1.82, 2.24) is 15.2 Å². The third-order valence-corrected chi connectivity index (χ3v) is 7.08. The Kier molecular flexibility index (Phi) is 6.28. The number of hydrogen-bond acceptors (Lipinski definition) is 9. The Morgan fingerprint density at radius 1 is 1.28 bits per heavy atom. The van der Waals surface area contributed by atoms with Crippen LogP contribution in [0.1, 0.15) is 43.1 Å². The van der Waals surface area contributed by atoms with Crippen LogP contribution in [0.15, 0.2) is 39.3 Å². The molecular formula is C21H23ClN4O4S2. The zero-order valence-corrected chi connectivity index (χ0v) is 20.4. The van der Waals surface area contributed by atoms with Gasteiger partial charge >= 0.3 is 12.1 Å². The van der Waals surface area contributed by atoms with E-state index in [0.717, 1.165) is 15.6 Å². The van der Waals surface area contributed by atoms with Gasteiger partial charge in [-0.15, -0.1) is 22.7 Å². The van der Waals surface area contributed by atoms with Crippen molar-refractivity contribution in [2.75, 3.05) is 13.7 Å². The molecule has 0 aromatic carbocycles. The summed E-state index contributed by atoms with van der Waals surface area (Å²) >= 11 is 9.32. The normalized spacial score (nSPS) is 20.7. The van der Waals surface area contributed by atoms with Crippen LogP contribution in [0, 0.1) is 0 Å². The van der Waals surface area contributed by atoms with Crippen molar-refractivity contribution in [2.24, 2.45) is 4.99 Å². The summed E-state index contributed by atoms with van der Waals surface area (Å²) in [7, 11) is 1.35. The van der Waals surface area contributed by atoms with E-state index < -0.39 is 23.7 Å². The van der Waals surface area contributed by atoms with Crippen LogP contribution in [0.25, 0.3) is 0 Å². The number of aromatic nitrogens is 1. The number of amides is 1. The number of aliphatic imine (C=N–C) groups is 1. The average molecular weight is 495 g/mol. The van der Waals surface area contributed by atoms with Gasteiger partial charge in [0.1, 0.15) is 11.6 Å². The predicted molar refractivity (Wildman–Crippen MR) is 124 cm³/mol. The monoisotopic (exact) mass is 494 g/mol. The maximum Gasteiger partial charge on any atom is 0.407 e. The Labute approximate surface area is 198 Å². The SMILES string of the molecule is COC(=O)C1=C2C[C@H](NC(=O)OC(C)(C)C)CN2C(c2nccs2)=NC1c1sccc1Cl. The topological polar surface area (TPSA) is 93.1 Å². The molecule has 1 unspecified atom stereocenters. The van der Waals surface area contributed by atoms with E-state index in [4.69, 9.17) is 26.1 Å². The third kappa shape index (κ3) is 4.53. The standard InChI is InChI=1S/C21H23ClN4O4S2/c1-21(2,3)30-20(28)24-11-9-13-14(19(27)29-4)15(16-12(22)5-7-31-16)25-17(26(13)10-11)18-23-6-8-32-18/h5-8,11,15H,9-10H2,1-4H3,(H,24,28)/t11-,15?/m0/s1. The molecule has 2 aromatic rings. The number of nitrogens with zero attached hydrogens (tertiary/aromatic N) is 3. The molecule has 1 amide bonds. The lowest BCUT2D eigenvalue weighted by molar-refractivity contribution is -0.136. The number of alkyl carbamates (subject to hydrolysis) is 1. The van der Waals surface area contributed by atoms with E-state index in [-0.39, 0.29) is 6.04 Å². The summed E-state index contributed by atoms with van der Waals surface area (Å²) in [6, 6.07) is 0.899. The highest BCUT2D eigenvalue weighted by Gasteiger charge is 2.43. The van der Waals surface area contributed by atoms with Crippen molar-refractivity contribution in [2.45, 2.75) is 44.9 Å². The van der Waals surface area contributed by atoms with E-state index >= 15 is 0 Å². The molecule has 32 heavy (non-hydrogen) atoms. The van der Waals surface area contributed by atoms with Gasteiger partial charge in [-0.3, -0.25) is 4.99 Å². The molecule has 1 N–H and O–H groups in total. The molecule has 0 radical (unpaired) electrons. The lowest BCUT2D eigenvalue weighted by Crippen LogP contribution is -2.41. The number of halogens is 1. The molecule has 0 saturated carbocycles. The summed E-state index contributed by atoms with van der Waals surface area (Å²) in [5, 5.41) is 7.91. The van der Waals surface area contributed by atoms with E-state index in [1.165, 1.54) is 29.8 Å². The van der Waals surface area contributed by atoms with Gasteiger partial charge in [0.25, 0.3) is 0 Å². The van der Waals surface area contributed by atoms with Crippen molar-refractivity contribution in [3.8, 4) is 0 Å². The Hall–Kier alpha value is -2.43. The number of ether oxygens (including phenoxy) is 2. The second kappa shape index (κ2) is 8.84. The Bertz CT molecular complexity index is 1090. The van der Waals surface area contributed by atoms with Crippen LogP contribution < -0.4 is 5.32 Å². The molecule has 4 rings (SSSR count). The molecule has 1 fully saturated rings. The van der Waals surface area contributed by atoms with Gasteiger partial charge in [0, 0.05) is 30.2 Å². The number of thiazole rings is 1. The van der Waals surface area contributed by atoms with Gasteiger partial charge in [-0.2, -0.15) is 0 Å². The van der Waals surface area contributed by atoms with Crippen LogP contribution in [0.2, 0.25) is 5.02 Å². The van der Waals surface area contributed by atoms with Gasteiger partial charge in [-0.05, 0) is 32.2 Å². The van der Waals surface area contributed by atoms with Gasteiger partial charge in [-0.25, -0.2) is 14.6 Å². The number of carbonyl (C=O) groups excluding carboxylic acids is 2. The quantitative estimate of drug-likeness (QED) is 0.634. The molecule has 0 aliphatic carbocycles. The molecule has 170 valence electrons. The number of thiophene rings is 1. The molecule has 2 atom stereocenters. The lowest BCUT2D eigenvalue weighted by Gasteiger charge is -2.30. The van der Waals surface area contributed by atoms with Gasteiger partial charge in [0.05, 0.1) is 28.6 Å². The maximum absolute atomic E-state index is 12.9. The number of esters is 1. The van der Waals surface area contributed by atoms with E-state index in [2.05, 4.69) is 10.3 Å². The second-order valence-electron chi connectivity index (χ2n) is 8.34. The lowest BCUT2D eigenvalue weighted by atomic mass is 9.99. The number of hydrogen-bond donors (Lipinski definition) is 1. The molecule has 0 spiro atoms. The minimum Gasteiger partial charge on any atom is -0.466 e. The fourth-order valence-corrected chi connectivity index (χ4v) is 5.57. The largest absolute Gasteiger partial charge is 0.466 e. The summed E-state index contributed by atoms with van der Waals surface area (Å²) in [6.45, 7) is 5.86. The minimum atomic E-state index is -0.611. The minimum absolute atomic E-state index is 0.276. The van der Waals surface area contributed by atoms with E-state index in [9.17, 15) is 9.59 Å². The van der Waals surface area contributed by atoms with Crippen LogP contribution in [0.3, 0.4) is 0 Å². The van der Waals surface area contributed by atoms with E-state index in [0.29, 0.717) is 29.4 Å². The summed E-state index contributed by atoms with van der Waals surface area (Å²) in [5.41, 5.74) is 0.555. The number of carbonyl (C=O) groups is 2. The fourth-order valence-electron chi connectivity index (χ4n) is 3.73. The molecule has 0 bridgehead atoms. The number of rotatable bonds is 4. The van der Waals surface area contributed by atoms with Crippen molar-refractivity contribution >= 4 is 52.2 Å². The molecule has 2 aromatic heterocycles. The van der Waals surface area contributed by atoms with Gasteiger partial charge in [-0.1, -0.05) is 11.6 Å². The first-order valence-corrected chi connectivity index (χ1v) is 12.1. The predicted octanol–water partition coefficient (Wildman–Crippen LogP) is 4.39. The molecule has 11 heteroatoms. The Morgan fingerprint density at radius 3 is 2.66 bits per heavy atom. The maximum atomic E-state index is 12.9. The second-order valence-corrected chi connectivity index (χ2v) is 10.6. The van der Waals surface area contributed by atoms with Crippen molar-refractivity contribution in [1.29, 1.82) is 0 Å². The van der Waals surface area contributed by atoms with Crippen LogP contribution in [0.5, 0.6) is 0 Å². The van der Waals surface area contributed by atoms with E-state index in [1.807, 2.05) is 36.4 Å². The summed E-state index contributed by atoms with van der Waals surface area (Å²) < 4.78 is 10.5. The van der Waals surface area contributed by atoms with Crippen molar-refractivity contribution in [3.63, 3.8) is 0 Å². The Balaban J connectivity index is 1.75. The number of amidine groups is 1. The first-order valence-electron chi connectivity index (χ1n) is 9.97. The molecular weight excluding hydrogens is 472 g/mol. The third-order valence-electron chi connectivity index (χ3n) is 4.90.